The van der Waals surface area contributed by atoms with Crippen molar-refractivity contribution < 1.29 is 4.74 Å². The number of rotatable bonds is 4. The van der Waals surface area contributed by atoms with Crippen LogP contribution in [0.15, 0.2) is 18.3 Å². The first-order valence-electron chi connectivity index (χ1n) is 4.69. The fraction of sp³-hybridized carbons (Fsp3) is 0.400. The van der Waals surface area contributed by atoms with Gasteiger partial charge in [-0.05, 0) is 24.8 Å². The highest BCUT2D eigenvalue weighted by atomic mass is 16.5. The van der Waals surface area contributed by atoms with Crippen molar-refractivity contribution in [2.75, 3.05) is 6.61 Å². The molecule has 1 aliphatic rings. The molecule has 1 aromatic rings. The summed E-state index contributed by atoms with van der Waals surface area (Å²) in [6, 6.07) is 3.40. The molecular formula is C10H13N3O. The summed E-state index contributed by atoms with van der Waals surface area (Å²) in [7, 11) is 0. The number of nitrogens with one attached hydrogen (secondary N) is 1. The second-order valence-corrected chi connectivity index (χ2v) is 3.55. The van der Waals surface area contributed by atoms with Crippen LogP contribution >= 0.6 is 0 Å². The van der Waals surface area contributed by atoms with Crippen molar-refractivity contribution >= 4 is 5.84 Å². The van der Waals surface area contributed by atoms with Crippen LogP contribution in [-0.2, 0) is 0 Å². The van der Waals surface area contributed by atoms with Gasteiger partial charge < -0.3 is 10.5 Å². The zero-order chi connectivity index (χ0) is 9.97. The molecule has 2 rings (SSSR count). The molecule has 1 aliphatic carbocycles. The summed E-state index contributed by atoms with van der Waals surface area (Å²) in [6.45, 7) is 0.731. The summed E-state index contributed by atoms with van der Waals surface area (Å²) >= 11 is 0. The second kappa shape index (κ2) is 3.65. The maximum atomic E-state index is 7.26. The van der Waals surface area contributed by atoms with Crippen LogP contribution in [0.2, 0.25) is 0 Å². The zero-order valence-electron chi connectivity index (χ0n) is 7.86. The Bertz CT molecular complexity index is 347. The molecule has 0 amide bonds. The lowest BCUT2D eigenvalue weighted by Crippen LogP contribution is -2.11. The molecule has 74 valence electrons. The van der Waals surface area contributed by atoms with Gasteiger partial charge in [0, 0.05) is 17.8 Å². The summed E-state index contributed by atoms with van der Waals surface area (Å²) in [5, 5.41) is 7.26. The summed E-state index contributed by atoms with van der Waals surface area (Å²) < 4.78 is 5.46. The maximum absolute atomic E-state index is 7.26. The van der Waals surface area contributed by atoms with E-state index in [-0.39, 0.29) is 5.84 Å². The van der Waals surface area contributed by atoms with Gasteiger partial charge in [0.05, 0.1) is 6.61 Å². The molecule has 14 heavy (non-hydrogen) atoms. The number of pyridine rings is 1. The summed E-state index contributed by atoms with van der Waals surface area (Å²) in [6.07, 6.45) is 4.12. The number of hydrogen-bond donors (Lipinski definition) is 2. The van der Waals surface area contributed by atoms with Crippen molar-refractivity contribution in [2.24, 2.45) is 11.7 Å². The Morgan fingerprint density at radius 1 is 1.64 bits per heavy atom. The fourth-order valence-electron chi connectivity index (χ4n) is 1.14. The Hall–Kier alpha value is -1.58. The number of amidine groups is 1. The van der Waals surface area contributed by atoms with Crippen molar-refractivity contribution in [3.8, 4) is 5.88 Å². The van der Waals surface area contributed by atoms with Crippen LogP contribution in [0.25, 0.3) is 0 Å². The minimum absolute atomic E-state index is 0.0451. The Labute approximate surface area is 82.6 Å². The molecule has 0 unspecified atom stereocenters. The number of nitrogens with two attached hydrogens (primary N) is 1. The molecule has 0 aromatic carbocycles. The van der Waals surface area contributed by atoms with Gasteiger partial charge in [-0.15, -0.1) is 0 Å². The lowest BCUT2D eigenvalue weighted by Gasteiger charge is -2.04. The Morgan fingerprint density at radius 3 is 3.07 bits per heavy atom. The topological polar surface area (TPSA) is 72.0 Å². The van der Waals surface area contributed by atoms with Crippen LogP contribution in [0.1, 0.15) is 18.4 Å². The summed E-state index contributed by atoms with van der Waals surface area (Å²) in [4.78, 5) is 4.05. The molecule has 0 saturated heterocycles. The molecule has 3 N–H and O–H groups in total. The molecule has 1 fully saturated rings. The highest BCUT2D eigenvalue weighted by molar-refractivity contribution is 5.95. The van der Waals surface area contributed by atoms with Crippen LogP contribution in [0.4, 0.5) is 0 Å². The van der Waals surface area contributed by atoms with Gasteiger partial charge >= 0.3 is 0 Å². The first-order valence-corrected chi connectivity index (χ1v) is 4.69. The van der Waals surface area contributed by atoms with Gasteiger partial charge in [0.1, 0.15) is 5.84 Å². The molecule has 1 aromatic heterocycles. The van der Waals surface area contributed by atoms with Gasteiger partial charge in [0.25, 0.3) is 0 Å². The van der Waals surface area contributed by atoms with Crippen molar-refractivity contribution in [3.05, 3.63) is 23.9 Å². The highest BCUT2D eigenvalue weighted by Crippen LogP contribution is 2.29. The van der Waals surface area contributed by atoms with Gasteiger partial charge in [0.15, 0.2) is 0 Å². The quantitative estimate of drug-likeness (QED) is 0.554. The molecule has 0 bridgehead atoms. The van der Waals surface area contributed by atoms with Crippen LogP contribution in [0.3, 0.4) is 0 Å². The van der Waals surface area contributed by atoms with Gasteiger partial charge in [-0.1, -0.05) is 0 Å². The number of nitrogen functional groups attached to an aromatic ring is 1. The van der Waals surface area contributed by atoms with Crippen LogP contribution in [-0.4, -0.2) is 17.4 Å². The van der Waals surface area contributed by atoms with Gasteiger partial charge in [0.2, 0.25) is 5.88 Å². The number of aromatic nitrogens is 1. The van der Waals surface area contributed by atoms with Crippen LogP contribution in [0.5, 0.6) is 5.88 Å². The molecule has 4 nitrogen and oxygen atoms in total. The fourth-order valence-corrected chi connectivity index (χ4v) is 1.14. The van der Waals surface area contributed by atoms with Crippen molar-refractivity contribution in [1.82, 2.24) is 4.98 Å². The Kier molecular flexibility index (Phi) is 2.35. The van der Waals surface area contributed by atoms with E-state index >= 15 is 0 Å². The summed E-state index contributed by atoms with van der Waals surface area (Å²) in [5.74, 6) is 1.31. The molecule has 1 saturated carbocycles. The van der Waals surface area contributed by atoms with Crippen LogP contribution < -0.4 is 10.5 Å². The predicted octanol–water partition coefficient (Wildman–Crippen LogP) is 1.15. The Balaban J connectivity index is 2.01. The highest BCUT2D eigenvalue weighted by Gasteiger charge is 2.22. The third kappa shape index (κ3) is 2.22. The summed E-state index contributed by atoms with van der Waals surface area (Å²) in [5.41, 5.74) is 6.01. The van der Waals surface area contributed by atoms with Crippen LogP contribution in [0, 0.1) is 11.3 Å². The average molecular weight is 191 g/mol. The maximum Gasteiger partial charge on any atom is 0.213 e. The number of nitrogens with zero attached hydrogens (tertiary/aromatic N) is 1. The molecule has 0 atom stereocenters. The Morgan fingerprint density at radius 2 is 2.43 bits per heavy atom. The van der Waals surface area contributed by atoms with E-state index in [2.05, 4.69) is 4.98 Å². The molecule has 1 heterocycles. The number of hydrogen-bond acceptors (Lipinski definition) is 3. The van der Waals surface area contributed by atoms with Crippen molar-refractivity contribution in [3.63, 3.8) is 0 Å². The smallest absolute Gasteiger partial charge is 0.213 e. The van der Waals surface area contributed by atoms with Crippen molar-refractivity contribution in [2.45, 2.75) is 12.8 Å². The molecular weight excluding hydrogens is 178 g/mol. The average Bonchev–Trinajstić information content (AvgIpc) is 2.99. The van der Waals surface area contributed by atoms with E-state index < -0.39 is 0 Å². The SMILES string of the molecule is N=C(N)c1ccnc(OCC2CC2)c1. The third-order valence-corrected chi connectivity index (χ3v) is 2.21. The van der Waals surface area contributed by atoms with Gasteiger partial charge in [-0.25, -0.2) is 4.98 Å². The largest absolute Gasteiger partial charge is 0.477 e. The lowest BCUT2D eigenvalue weighted by atomic mass is 10.2. The second-order valence-electron chi connectivity index (χ2n) is 3.55. The standard InChI is InChI=1S/C10H13N3O/c11-10(12)8-3-4-13-9(5-8)14-6-7-1-2-7/h3-5,7H,1-2,6H2,(H3,11,12). The minimum Gasteiger partial charge on any atom is -0.477 e. The molecule has 4 heteroatoms. The zero-order valence-corrected chi connectivity index (χ0v) is 7.86. The first-order chi connectivity index (χ1) is 6.75. The molecule has 0 radical (unpaired) electrons. The minimum atomic E-state index is 0.0451. The number of ether oxygens (including phenoxy) is 1. The van der Waals surface area contributed by atoms with E-state index in [9.17, 15) is 0 Å². The molecule has 0 aliphatic heterocycles. The van der Waals surface area contributed by atoms with E-state index in [1.54, 1.807) is 18.3 Å². The van der Waals surface area contributed by atoms with Gasteiger partial charge in [-0.2, -0.15) is 0 Å². The first kappa shape index (κ1) is 8.99. The van der Waals surface area contributed by atoms with Gasteiger partial charge in [-0.3, -0.25) is 5.41 Å². The predicted molar refractivity (Wildman–Crippen MR) is 53.5 cm³/mol. The van der Waals surface area contributed by atoms with E-state index in [0.29, 0.717) is 17.4 Å². The third-order valence-electron chi connectivity index (χ3n) is 2.21. The van der Waals surface area contributed by atoms with E-state index in [1.165, 1.54) is 12.8 Å². The monoisotopic (exact) mass is 191 g/mol. The lowest BCUT2D eigenvalue weighted by molar-refractivity contribution is 0.288. The van der Waals surface area contributed by atoms with Crippen molar-refractivity contribution in [1.29, 1.82) is 5.41 Å². The van der Waals surface area contributed by atoms with E-state index in [1.807, 2.05) is 0 Å². The normalized spacial score (nSPS) is 15.1. The van der Waals surface area contributed by atoms with E-state index in [4.69, 9.17) is 15.9 Å². The van der Waals surface area contributed by atoms with E-state index in [0.717, 1.165) is 6.61 Å². The molecule has 0 spiro atoms.